The van der Waals surface area contributed by atoms with Crippen LogP contribution in [0.1, 0.15) is 22.6 Å². The number of hydrogen-bond donors (Lipinski definition) is 2. The van der Waals surface area contributed by atoms with E-state index in [2.05, 4.69) is 20.9 Å². The van der Waals surface area contributed by atoms with Crippen LogP contribution in [0.5, 0.6) is 11.6 Å². The number of benzene rings is 2. The molecular weight excluding hydrogens is 526 g/mol. The smallest absolute Gasteiger partial charge is 0.312 e. The van der Waals surface area contributed by atoms with Gasteiger partial charge in [0, 0.05) is 16.5 Å². The van der Waals surface area contributed by atoms with Crippen molar-refractivity contribution in [2.24, 2.45) is 5.92 Å². The summed E-state index contributed by atoms with van der Waals surface area (Å²) in [6.45, 7) is 0. The number of carbonyl (C=O) groups excluding carboxylic acids is 1. The van der Waals surface area contributed by atoms with Gasteiger partial charge in [-0.25, -0.2) is 4.98 Å². The Hall–Kier alpha value is -2.65. The van der Waals surface area contributed by atoms with Crippen LogP contribution in [0.15, 0.2) is 65.1 Å². The summed E-state index contributed by atoms with van der Waals surface area (Å²) in [7, 11) is 2.63. The maximum Gasteiger partial charge on any atom is 0.312 e. The van der Waals surface area contributed by atoms with E-state index < -0.39 is 35.1 Å². The molecule has 0 unspecified atom stereocenters. The van der Waals surface area contributed by atoms with Gasteiger partial charge in [-0.2, -0.15) is 0 Å². The molecule has 1 aliphatic heterocycles. The summed E-state index contributed by atoms with van der Waals surface area (Å²) in [5.74, 6) is -2.45. The molecule has 2 aliphatic rings. The molecule has 1 saturated carbocycles. The second kappa shape index (κ2) is 8.23. The van der Waals surface area contributed by atoms with Gasteiger partial charge < -0.3 is 24.4 Å². The molecule has 5 atom stereocenters. The lowest BCUT2D eigenvalue weighted by Gasteiger charge is -2.40. The lowest BCUT2D eigenvalue weighted by Crippen LogP contribution is -2.52. The Balaban J connectivity index is 1.90. The fourth-order valence-corrected chi connectivity index (χ4v) is 5.95. The number of ether oxygens (including phenoxy) is 3. The van der Waals surface area contributed by atoms with Gasteiger partial charge in [0.25, 0.3) is 0 Å². The Kier molecular flexibility index (Phi) is 5.60. The zero-order chi connectivity index (χ0) is 24.3. The third kappa shape index (κ3) is 2.95. The monoisotopic (exact) mass is 545 g/mol. The number of fused-ring (bicyclic) bond motifs is 3. The van der Waals surface area contributed by atoms with Crippen LogP contribution in [-0.4, -0.2) is 41.5 Å². The zero-order valence-electron chi connectivity index (χ0n) is 18.2. The highest BCUT2D eigenvalue weighted by atomic mass is 79.9. The van der Waals surface area contributed by atoms with Crippen molar-refractivity contribution in [3.8, 4) is 11.6 Å². The first-order valence-corrected chi connectivity index (χ1v) is 11.7. The van der Waals surface area contributed by atoms with Crippen molar-refractivity contribution in [3.05, 3.63) is 87.0 Å². The number of hydrogen-bond acceptors (Lipinski definition) is 7. The summed E-state index contributed by atoms with van der Waals surface area (Å²) < 4.78 is 18.0. The summed E-state index contributed by atoms with van der Waals surface area (Å²) in [5, 5.41) is 24.3. The van der Waals surface area contributed by atoms with Crippen LogP contribution in [0.4, 0.5) is 0 Å². The van der Waals surface area contributed by atoms with Gasteiger partial charge in [-0.1, -0.05) is 70.0 Å². The Morgan fingerprint density at radius 3 is 2.44 bits per heavy atom. The van der Waals surface area contributed by atoms with E-state index in [-0.39, 0.29) is 22.3 Å². The van der Waals surface area contributed by atoms with Crippen molar-refractivity contribution < 1.29 is 29.2 Å². The van der Waals surface area contributed by atoms with E-state index in [4.69, 9.17) is 25.8 Å². The summed E-state index contributed by atoms with van der Waals surface area (Å²) in [6.07, 6.45) is -1.62. The quantitative estimate of drug-likeness (QED) is 0.378. The Bertz CT molecular complexity index is 1260. The van der Waals surface area contributed by atoms with Crippen molar-refractivity contribution >= 4 is 33.5 Å². The lowest BCUT2D eigenvalue weighted by atomic mass is 9.71. The highest BCUT2D eigenvalue weighted by molar-refractivity contribution is 9.10. The molecule has 2 N–H and O–H groups in total. The molecule has 7 nitrogen and oxygen atoms in total. The normalized spacial score (nSPS) is 29.2. The van der Waals surface area contributed by atoms with Gasteiger partial charge >= 0.3 is 5.97 Å². The molecule has 2 aromatic carbocycles. The van der Waals surface area contributed by atoms with Gasteiger partial charge in [-0.05, 0) is 23.3 Å². The van der Waals surface area contributed by atoms with Crippen LogP contribution in [-0.2, 0) is 20.7 Å². The van der Waals surface area contributed by atoms with Gasteiger partial charge in [-0.3, -0.25) is 4.79 Å². The van der Waals surface area contributed by atoms with Gasteiger partial charge in [0.15, 0.2) is 11.2 Å². The molecule has 0 radical (unpaired) electrons. The van der Waals surface area contributed by atoms with E-state index in [1.807, 2.05) is 30.3 Å². The van der Waals surface area contributed by atoms with E-state index in [1.165, 1.54) is 20.3 Å². The van der Waals surface area contributed by atoms with Gasteiger partial charge in [0.05, 0.1) is 25.7 Å². The number of halogens is 2. The molecule has 0 saturated heterocycles. The Labute approximate surface area is 209 Å². The highest BCUT2D eigenvalue weighted by Gasteiger charge is 2.78. The van der Waals surface area contributed by atoms with Crippen molar-refractivity contribution in [3.63, 3.8) is 0 Å². The molecular formula is C25H21BrClNO6. The molecule has 1 aliphatic carbocycles. The third-order valence-corrected chi connectivity index (χ3v) is 7.52. The zero-order valence-corrected chi connectivity index (χ0v) is 20.6. The molecule has 2 heterocycles. The molecule has 0 amide bonds. The number of rotatable bonds is 4. The first-order valence-electron chi connectivity index (χ1n) is 10.5. The van der Waals surface area contributed by atoms with Crippen LogP contribution < -0.4 is 9.47 Å². The second-order valence-electron chi connectivity index (χ2n) is 8.32. The minimum Gasteiger partial charge on any atom is -0.481 e. The molecule has 1 fully saturated rings. The highest BCUT2D eigenvalue weighted by Crippen LogP contribution is 2.69. The topological polar surface area (TPSA) is 98.1 Å². The van der Waals surface area contributed by atoms with E-state index in [9.17, 15) is 15.0 Å². The number of nitrogens with zero attached hydrogens (tertiary/aromatic N) is 1. The van der Waals surface area contributed by atoms with E-state index in [1.54, 1.807) is 24.3 Å². The van der Waals surface area contributed by atoms with Gasteiger partial charge in [0.2, 0.25) is 5.88 Å². The number of methoxy groups -OCH3 is 2. The third-order valence-electron chi connectivity index (χ3n) is 6.80. The first-order chi connectivity index (χ1) is 16.3. The number of pyridine rings is 1. The summed E-state index contributed by atoms with van der Waals surface area (Å²) in [5.41, 5.74) is -2.40. The predicted octanol–water partition coefficient (Wildman–Crippen LogP) is 3.93. The van der Waals surface area contributed by atoms with E-state index >= 15 is 0 Å². The average molecular weight is 547 g/mol. The minimum atomic E-state index is -2.13. The van der Waals surface area contributed by atoms with Crippen molar-refractivity contribution in [1.82, 2.24) is 4.98 Å². The van der Waals surface area contributed by atoms with Crippen molar-refractivity contribution in [1.29, 1.82) is 0 Å². The largest absolute Gasteiger partial charge is 0.481 e. The maximum absolute atomic E-state index is 13.1. The Morgan fingerprint density at radius 2 is 1.82 bits per heavy atom. The number of aliphatic hydroxyl groups excluding tert-OH is 1. The molecule has 9 heteroatoms. The molecule has 1 aromatic heterocycles. The fraction of sp³-hybridized carbons (Fsp3) is 0.280. The van der Waals surface area contributed by atoms with Crippen LogP contribution in [0.3, 0.4) is 0 Å². The number of esters is 1. The van der Waals surface area contributed by atoms with Gasteiger partial charge in [0.1, 0.15) is 17.0 Å². The summed E-state index contributed by atoms with van der Waals surface area (Å²) >= 11 is 9.66. The lowest BCUT2D eigenvalue weighted by molar-refractivity contribution is -0.161. The first kappa shape index (κ1) is 23.1. The number of carbonyl (C=O) groups is 1. The van der Waals surface area contributed by atoms with Crippen molar-refractivity contribution in [2.45, 2.75) is 23.2 Å². The molecule has 3 aromatic rings. The summed E-state index contributed by atoms with van der Waals surface area (Å²) in [6, 6.07) is 17.8. The minimum absolute atomic E-state index is 0.000337. The van der Waals surface area contributed by atoms with Gasteiger partial charge in [-0.15, -0.1) is 0 Å². The predicted molar refractivity (Wildman–Crippen MR) is 127 cm³/mol. The maximum atomic E-state index is 13.1. The fourth-order valence-electron chi connectivity index (χ4n) is 5.51. The van der Waals surface area contributed by atoms with Crippen LogP contribution in [0.2, 0.25) is 5.15 Å². The summed E-state index contributed by atoms with van der Waals surface area (Å²) in [4.78, 5) is 17.3. The SMILES string of the molecule is COC(=O)[C@H]1[C@@H](O)[C@@]2(O)c3c(cc(Cl)nc3OC)O[C@@]2(c2ccc(Br)cc2)[C@@H]1c1ccccc1. The van der Waals surface area contributed by atoms with E-state index in [0.29, 0.717) is 11.1 Å². The van der Waals surface area contributed by atoms with Crippen LogP contribution in [0, 0.1) is 5.92 Å². The molecule has 34 heavy (non-hydrogen) atoms. The van der Waals surface area contributed by atoms with Crippen LogP contribution in [0.25, 0.3) is 0 Å². The van der Waals surface area contributed by atoms with E-state index in [0.717, 1.165) is 4.47 Å². The molecule has 176 valence electrons. The standard InChI is InChI=1S/C25H21BrClNO6/c1-32-22-20-16(12-17(27)28-22)34-25(14-8-10-15(26)11-9-14)19(13-6-4-3-5-7-13)18(23(30)33-2)21(29)24(20,25)31/h3-12,18-19,21,29,31H,1-2H3/t18-,19-,21-,24+,25+/m1/s1. The second-order valence-corrected chi connectivity index (χ2v) is 9.62. The van der Waals surface area contributed by atoms with Crippen molar-refractivity contribution in [2.75, 3.05) is 14.2 Å². The number of aromatic nitrogens is 1. The Morgan fingerprint density at radius 1 is 1.15 bits per heavy atom. The molecule has 0 spiro atoms. The molecule has 0 bridgehead atoms. The average Bonchev–Trinajstić information content (AvgIpc) is 3.21. The molecule has 5 rings (SSSR count). The number of aliphatic hydroxyl groups is 2. The van der Waals surface area contributed by atoms with Crippen LogP contribution >= 0.6 is 27.5 Å².